The summed E-state index contributed by atoms with van der Waals surface area (Å²) < 4.78 is 1.23. The summed E-state index contributed by atoms with van der Waals surface area (Å²) in [7, 11) is 0. The first kappa shape index (κ1) is 7.25. The van der Waals surface area contributed by atoms with Gasteiger partial charge in [-0.3, -0.25) is 0 Å². The van der Waals surface area contributed by atoms with Crippen molar-refractivity contribution >= 4 is 22.6 Å². The lowest BCUT2D eigenvalue weighted by atomic mass is 10.3. The van der Waals surface area contributed by atoms with Crippen LogP contribution in [0.1, 0.15) is 12.8 Å². The van der Waals surface area contributed by atoms with E-state index in [1.54, 1.807) is 0 Å². The van der Waals surface area contributed by atoms with Crippen LogP contribution in [-0.2, 0) is 0 Å². The Balaban J connectivity index is 2.83. The van der Waals surface area contributed by atoms with Gasteiger partial charge in [0.05, 0.1) is 0 Å². The molecule has 0 radical (unpaired) electrons. The second-order valence-corrected chi connectivity index (χ2v) is 2.32. The van der Waals surface area contributed by atoms with Crippen LogP contribution < -0.4 is 0 Å². The van der Waals surface area contributed by atoms with Gasteiger partial charge in [-0.25, -0.2) is 0 Å². The van der Waals surface area contributed by atoms with Crippen molar-refractivity contribution in [2.24, 2.45) is 0 Å². The molecule has 0 bridgehead atoms. The molecule has 0 heterocycles. The molecule has 0 N–H and O–H groups in total. The molecule has 1 heteroatoms. The van der Waals surface area contributed by atoms with E-state index < -0.39 is 0 Å². The number of hydrogen-bond donors (Lipinski definition) is 0. The normalized spacial score (nSPS) is 7.57. The summed E-state index contributed by atoms with van der Waals surface area (Å²) in [5.74, 6) is 0. The topological polar surface area (TPSA) is 0 Å². The number of unbranched alkanes of at least 4 members (excludes halogenated alkanes) is 1. The van der Waals surface area contributed by atoms with E-state index in [1.165, 1.54) is 10.8 Å². The summed E-state index contributed by atoms with van der Waals surface area (Å²) in [6.07, 6.45) is 4.36. The third-order valence-corrected chi connectivity index (χ3v) is 1.39. The summed E-state index contributed by atoms with van der Waals surface area (Å²) in [5, 5.41) is 0. The molecule has 0 atom stereocenters. The molecule has 0 amide bonds. The predicted octanol–water partition coefficient (Wildman–Crippen LogP) is 2.54. The number of alkyl halides is 1. The maximum atomic E-state index is 3.45. The summed E-state index contributed by atoms with van der Waals surface area (Å²) in [5.41, 5.74) is 2.72. The molecule has 0 fully saturated rings. The van der Waals surface area contributed by atoms with E-state index in [4.69, 9.17) is 0 Å². The molecular weight excluding hydrogens is 199 g/mol. The van der Waals surface area contributed by atoms with Crippen molar-refractivity contribution in [3.8, 4) is 0 Å². The molecule has 0 saturated carbocycles. The molecular formula is C6H9I. The van der Waals surface area contributed by atoms with Gasteiger partial charge in [-0.1, -0.05) is 29.2 Å². The third-order valence-electron chi connectivity index (χ3n) is 0.626. The van der Waals surface area contributed by atoms with Crippen molar-refractivity contribution in [1.82, 2.24) is 0 Å². The van der Waals surface area contributed by atoms with Crippen molar-refractivity contribution < 1.29 is 0 Å². The van der Waals surface area contributed by atoms with E-state index in [9.17, 15) is 0 Å². The lowest BCUT2D eigenvalue weighted by Gasteiger charge is -1.80. The zero-order chi connectivity index (χ0) is 5.54. The first-order chi connectivity index (χ1) is 3.41. The van der Waals surface area contributed by atoms with Crippen LogP contribution in [0, 0.1) is 0 Å². The minimum atomic E-state index is 1.13. The van der Waals surface area contributed by atoms with Crippen molar-refractivity contribution in [2.75, 3.05) is 4.43 Å². The van der Waals surface area contributed by atoms with Gasteiger partial charge in [-0.2, -0.15) is 0 Å². The summed E-state index contributed by atoms with van der Waals surface area (Å²) in [6.45, 7) is 3.45. The highest BCUT2D eigenvalue weighted by Crippen LogP contribution is 1.93. The van der Waals surface area contributed by atoms with Crippen LogP contribution in [0.25, 0.3) is 0 Å². The molecule has 40 valence electrons. The second kappa shape index (κ2) is 6.25. The first-order valence-corrected chi connectivity index (χ1v) is 3.84. The Morgan fingerprint density at radius 3 is 2.86 bits per heavy atom. The molecule has 0 saturated heterocycles. The fourth-order valence-corrected chi connectivity index (χ4v) is 0.722. The van der Waals surface area contributed by atoms with Crippen molar-refractivity contribution in [1.29, 1.82) is 0 Å². The first-order valence-electron chi connectivity index (χ1n) is 2.32. The number of hydrogen-bond acceptors (Lipinski definition) is 0. The van der Waals surface area contributed by atoms with Crippen LogP contribution in [0.2, 0.25) is 0 Å². The van der Waals surface area contributed by atoms with Crippen molar-refractivity contribution in [3.63, 3.8) is 0 Å². The third kappa shape index (κ3) is 6.25. The standard InChI is InChI=1S/C6H9I/c1-2-3-4-5-6-7/h3H,1,4-6H2. The zero-order valence-corrected chi connectivity index (χ0v) is 6.44. The summed E-state index contributed by atoms with van der Waals surface area (Å²) >= 11 is 2.36. The second-order valence-electron chi connectivity index (χ2n) is 1.24. The van der Waals surface area contributed by atoms with Crippen molar-refractivity contribution in [3.05, 3.63) is 18.4 Å². The van der Waals surface area contributed by atoms with Gasteiger partial charge < -0.3 is 0 Å². The quantitative estimate of drug-likeness (QED) is 0.289. The molecule has 0 aliphatic heterocycles. The Morgan fingerprint density at radius 1 is 1.71 bits per heavy atom. The maximum Gasteiger partial charge on any atom is -0.000156 e. The molecule has 0 spiro atoms. The average molecular weight is 208 g/mol. The molecule has 0 rings (SSSR count). The Kier molecular flexibility index (Phi) is 6.47. The van der Waals surface area contributed by atoms with Crippen LogP contribution in [0.15, 0.2) is 18.4 Å². The van der Waals surface area contributed by atoms with Gasteiger partial charge in [-0.05, 0) is 23.3 Å². The molecule has 0 aromatic heterocycles. The van der Waals surface area contributed by atoms with Gasteiger partial charge in [0.1, 0.15) is 0 Å². The van der Waals surface area contributed by atoms with Gasteiger partial charge in [0.25, 0.3) is 0 Å². The average Bonchev–Trinajstić information content (AvgIpc) is 1.69. The summed E-state index contributed by atoms with van der Waals surface area (Å²) in [6, 6.07) is 0. The summed E-state index contributed by atoms with van der Waals surface area (Å²) in [4.78, 5) is 0. The van der Waals surface area contributed by atoms with Gasteiger partial charge in [0, 0.05) is 0 Å². The van der Waals surface area contributed by atoms with Crippen LogP contribution in [-0.4, -0.2) is 4.43 Å². The van der Waals surface area contributed by atoms with Gasteiger partial charge in [0.2, 0.25) is 0 Å². The maximum absolute atomic E-state index is 3.45. The zero-order valence-electron chi connectivity index (χ0n) is 4.28. The van der Waals surface area contributed by atoms with E-state index in [-0.39, 0.29) is 0 Å². The molecule has 0 aromatic carbocycles. The highest BCUT2D eigenvalue weighted by molar-refractivity contribution is 14.1. The Hall–Kier alpha value is 0.250. The molecule has 0 unspecified atom stereocenters. The van der Waals surface area contributed by atoms with E-state index >= 15 is 0 Å². The van der Waals surface area contributed by atoms with E-state index in [2.05, 4.69) is 34.9 Å². The largest absolute Gasteiger partial charge is 0.133 e. The smallest absolute Gasteiger partial charge is 0.000156 e. The molecule has 0 aromatic rings. The van der Waals surface area contributed by atoms with Crippen LogP contribution in [0.5, 0.6) is 0 Å². The highest BCUT2D eigenvalue weighted by Gasteiger charge is 1.74. The highest BCUT2D eigenvalue weighted by atomic mass is 127. The molecule has 7 heavy (non-hydrogen) atoms. The van der Waals surface area contributed by atoms with E-state index in [0.29, 0.717) is 0 Å². The van der Waals surface area contributed by atoms with Gasteiger partial charge in [-0.15, -0.1) is 5.73 Å². The number of halogens is 1. The van der Waals surface area contributed by atoms with Crippen molar-refractivity contribution in [2.45, 2.75) is 12.8 Å². The monoisotopic (exact) mass is 208 g/mol. The minimum Gasteiger partial charge on any atom is -0.133 e. The van der Waals surface area contributed by atoms with Gasteiger partial charge in [0.15, 0.2) is 0 Å². The fourth-order valence-electron chi connectivity index (χ4n) is 0.281. The van der Waals surface area contributed by atoms with Crippen LogP contribution >= 0.6 is 22.6 Å². The van der Waals surface area contributed by atoms with Crippen LogP contribution in [0.3, 0.4) is 0 Å². The SMILES string of the molecule is C=C=CCCCI. The Morgan fingerprint density at radius 2 is 2.43 bits per heavy atom. The lowest BCUT2D eigenvalue weighted by molar-refractivity contribution is 0.988. The Bertz CT molecular complexity index is 70.2. The van der Waals surface area contributed by atoms with Gasteiger partial charge >= 0.3 is 0 Å². The van der Waals surface area contributed by atoms with E-state index in [1.807, 2.05) is 6.08 Å². The molecule has 0 aliphatic rings. The molecule has 0 nitrogen and oxygen atoms in total. The Labute approximate surface area is 58.4 Å². The molecule has 0 aliphatic carbocycles. The minimum absolute atomic E-state index is 1.13. The number of allylic oxidation sites excluding steroid dienone is 1. The predicted molar refractivity (Wildman–Crippen MR) is 41.8 cm³/mol. The lowest BCUT2D eigenvalue weighted by Crippen LogP contribution is -1.66. The fraction of sp³-hybridized carbons (Fsp3) is 0.500. The van der Waals surface area contributed by atoms with E-state index in [0.717, 1.165) is 6.42 Å². The number of rotatable bonds is 3. The van der Waals surface area contributed by atoms with Crippen LogP contribution in [0.4, 0.5) is 0 Å².